The topological polar surface area (TPSA) is 0 Å². The SMILES string of the molecule is C=CC.CCC1CCCCC1. The van der Waals surface area contributed by atoms with E-state index in [0.717, 1.165) is 5.92 Å². The second-order valence-corrected chi connectivity index (χ2v) is 3.32. The molecule has 0 atom stereocenters. The summed E-state index contributed by atoms with van der Waals surface area (Å²) in [5.41, 5.74) is 0. The molecule has 1 rings (SSSR count). The lowest BCUT2D eigenvalue weighted by atomic mass is 9.88. The van der Waals surface area contributed by atoms with Crippen LogP contribution in [0.5, 0.6) is 0 Å². The predicted molar refractivity (Wildman–Crippen MR) is 52.7 cm³/mol. The second-order valence-electron chi connectivity index (χ2n) is 3.32. The van der Waals surface area contributed by atoms with Crippen LogP contribution in [0.1, 0.15) is 52.4 Å². The molecule has 0 aliphatic heterocycles. The lowest BCUT2D eigenvalue weighted by Gasteiger charge is -2.18. The molecule has 0 amide bonds. The van der Waals surface area contributed by atoms with E-state index in [0.29, 0.717) is 0 Å². The summed E-state index contributed by atoms with van der Waals surface area (Å²) < 4.78 is 0. The van der Waals surface area contributed by atoms with Crippen molar-refractivity contribution in [2.24, 2.45) is 5.92 Å². The molecule has 1 fully saturated rings. The van der Waals surface area contributed by atoms with E-state index in [1.165, 1.54) is 38.5 Å². The fourth-order valence-corrected chi connectivity index (χ4v) is 1.60. The zero-order valence-electron chi connectivity index (χ0n) is 8.10. The summed E-state index contributed by atoms with van der Waals surface area (Å²) in [6, 6.07) is 0. The van der Waals surface area contributed by atoms with E-state index >= 15 is 0 Å². The van der Waals surface area contributed by atoms with Gasteiger partial charge in [0.25, 0.3) is 0 Å². The molecule has 0 heterocycles. The van der Waals surface area contributed by atoms with E-state index in [2.05, 4.69) is 13.5 Å². The van der Waals surface area contributed by atoms with Crippen molar-refractivity contribution in [3.05, 3.63) is 12.7 Å². The summed E-state index contributed by atoms with van der Waals surface area (Å²) in [5.74, 6) is 1.09. The van der Waals surface area contributed by atoms with Crippen LogP contribution in [0.3, 0.4) is 0 Å². The maximum Gasteiger partial charge on any atom is -0.0417 e. The summed E-state index contributed by atoms with van der Waals surface area (Å²) in [6.07, 6.45) is 10.7. The van der Waals surface area contributed by atoms with Gasteiger partial charge < -0.3 is 0 Å². The van der Waals surface area contributed by atoms with E-state index in [1.807, 2.05) is 6.92 Å². The number of allylic oxidation sites excluding steroid dienone is 1. The first-order chi connectivity index (χ1) is 5.35. The standard InChI is InChI=1S/C8H16.C3H6/c1-2-8-6-4-3-5-7-8;1-3-2/h8H,2-7H2,1H3;3H,1H2,2H3. The molecular weight excluding hydrogens is 132 g/mol. The Bertz CT molecular complexity index is 78.0. The fourth-order valence-electron chi connectivity index (χ4n) is 1.60. The molecule has 11 heavy (non-hydrogen) atoms. The molecule has 1 saturated carbocycles. The largest absolute Gasteiger partial charge is 0.103 e. The molecule has 0 aromatic carbocycles. The normalized spacial score (nSPS) is 18.4. The van der Waals surface area contributed by atoms with Crippen molar-refractivity contribution in [3.63, 3.8) is 0 Å². The van der Waals surface area contributed by atoms with E-state index in [9.17, 15) is 0 Å². The van der Waals surface area contributed by atoms with Crippen LogP contribution < -0.4 is 0 Å². The Hall–Kier alpha value is -0.260. The minimum Gasteiger partial charge on any atom is -0.103 e. The van der Waals surface area contributed by atoms with E-state index in [1.54, 1.807) is 6.08 Å². The van der Waals surface area contributed by atoms with Crippen molar-refractivity contribution in [1.29, 1.82) is 0 Å². The molecule has 0 aromatic heterocycles. The van der Waals surface area contributed by atoms with Gasteiger partial charge in [0.15, 0.2) is 0 Å². The third-order valence-electron chi connectivity index (χ3n) is 2.30. The van der Waals surface area contributed by atoms with E-state index in [4.69, 9.17) is 0 Å². The molecule has 0 N–H and O–H groups in total. The monoisotopic (exact) mass is 154 g/mol. The van der Waals surface area contributed by atoms with Gasteiger partial charge >= 0.3 is 0 Å². The van der Waals surface area contributed by atoms with Gasteiger partial charge in [-0.2, -0.15) is 0 Å². The van der Waals surface area contributed by atoms with Gasteiger partial charge in [0.1, 0.15) is 0 Å². The molecule has 0 radical (unpaired) electrons. The number of hydrogen-bond acceptors (Lipinski definition) is 0. The first-order valence-electron chi connectivity index (χ1n) is 4.92. The molecule has 1 aliphatic rings. The van der Waals surface area contributed by atoms with Crippen molar-refractivity contribution in [3.8, 4) is 0 Å². The minimum atomic E-state index is 1.09. The van der Waals surface area contributed by atoms with Crippen molar-refractivity contribution in [2.45, 2.75) is 52.4 Å². The Balaban J connectivity index is 0.000000292. The first-order valence-corrected chi connectivity index (χ1v) is 4.92. The molecule has 0 aromatic rings. The number of hydrogen-bond donors (Lipinski definition) is 0. The van der Waals surface area contributed by atoms with Crippen LogP contribution in [0.2, 0.25) is 0 Å². The lowest BCUT2D eigenvalue weighted by Crippen LogP contribution is -2.03. The highest BCUT2D eigenvalue weighted by molar-refractivity contribution is 4.63. The maximum absolute atomic E-state index is 3.36. The Kier molecular flexibility index (Phi) is 7.66. The number of rotatable bonds is 1. The third kappa shape index (κ3) is 6.15. The zero-order valence-corrected chi connectivity index (χ0v) is 8.10. The molecule has 0 nitrogen and oxygen atoms in total. The van der Waals surface area contributed by atoms with Crippen LogP contribution in [0.4, 0.5) is 0 Å². The van der Waals surface area contributed by atoms with E-state index < -0.39 is 0 Å². The van der Waals surface area contributed by atoms with Crippen LogP contribution >= 0.6 is 0 Å². The van der Waals surface area contributed by atoms with Gasteiger partial charge in [0, 0.05) is 0 Å². The summed E-state index contributed by atoms with van der Waals surface area (Å²) >= 11 is 0. The highest BCUT2D eigenvalue weighted by atomic mass is 14.2. The quantitative estimate of drug-likeness (QED) is 0.497. The summed E-state index contributed by atoms with van der Waals surface area (Å²) in [5, 5.41) is 0. The summed E-state index contributed by atoms with van der Waals surface area (Å²) in [7, 11) is 0. The van der Waals surface area contributed by atoms with Gasteiger partial charge in [-0.1, -0.05) is 51.5 Å². The van der Waals surface area contributed by atoms with Gasteiger partial charge in [0.2, 0.25) is 0 Å². The Labute approximate surface area is 71.7 Å². The van der Waals surface area contributed by atoms with Gasteiger partial charge in [-0.3, -0.25) is 0 Å². The second kappa shape index (κ2) is 7.84. The van der Waals surface area contributed by atoms with Crippen LogP contribution in [0.15, 0.2) is 12.7 Å². The smallest absolute Gasteiger partial charge is 0.0417 e. The predicted octanol–water partition coefficient (Wildman–Crippen LogP) is 4.17. The van der Waals surface area contributed by atoms with Gasteiger partial charge in [-0.05, 0) is 12.8 Å². The highest BCUT2D eigenvalue weighted by Gasteiger charge is 2.09. The Morgan fingerprint density at radius 1 is 1.27 bits per heavy atom. The summed E-state index contributed by atoms with van der Waals surface area (Å²) in [6.45, 7) is 7.57. The fraction of sp³-hybridized carbons (Fsp3) is 0.818. The summed E-state index contributed by atoms with van der Waals surface area (Å²) in [4.78, 5) is 0. The van der Waals surface area contributed by atoms with Crippen LogP contribution in [-0.2, 0) is 0 Å². The molecule has 66 valence electrons. The van der Waals surface area contributed by atoms with Gasteiger partial charge in [-0.15, -0.1) is 6.58 Å². The van der Waals surface area contributed by atoms with Gasteiger partial charge in [0.05, 0.1) is 0 Å². The van der Waals surface area contributed by atoms with Crippen LogP contribution in [-0.4, -0.2) is 0 Å². The minimum absolute atomic E-state index is 1.09. The highest BCUT2D eigenvalue weighted by Crippen LogP contribution is 2.25. The zero-order chi connectivity index (χ0) is 8.53. The van der Waals surface area contributed by atoms with E-state index in [-0.39, 0.29) is 0 Å². The molecule has 0 saturated heterocycles. The average Bonchev–Trinajstić information content (AvgIpc) is 2.08. The maximum atomic E-state index is 3.36. The van der Waals surface area contributed by atoms with Gasteiger partial charge in [-0.25, -0.2) is 0 Å². The van der Waals surface area contributed by atoms with Crippen molar-refractivity contribution in [2.75, 3.05) is 0 Å². The Morgan fingerprint density at radius 3 is 2.00 bits per heavy atom. The van der Waals surface area contributed by atoms with Crippen LogP contribution in [0, 0.1) is 5.92 Å². The average molecular weight is 154 g/mol. The lowest BCUT2D eigenvalue weighted by molar-refractivity contribution is 0.349. The molecule has 1 aliphatic carbocycles. The molecule has 0 heteroatoms. The van der Waals surface area contributed by atoms with Crippen molar-refractivity contribution >= 4 is 0 Å². The first kappa shape index (κ1) is 10.7. The van der Waals surface area contributed by atoms with Crippen molar-refractivity contribution in [1.82, 2.24) is 0 Å². The third-order valence-corrected chi connectivity index (χ3v) is 2.30. The molecule has 0 spiro atoms. The van der Waals surface area contributed by atoms with Crippen LogP contribution in [0.25, 0.3) is 0 Å². The van der Waals surface area contributed by atoms with Crippen molar-refractivity contribution < 1.29 is 0 Å². The molecule has 0 bridgehead atoms. The Morgan fingerprint density at radius 2 is 1.73 bits per heavy atom. The molecule has 0 unspecified atom stereocenters. The molecular formula is C11H22.